The monoisotopic (exact) mass is 470 g/mol. The number of hydrogen-bond acceptors (Lipinski definition) is 5. The Hall–Kier alpha value is -3.71. The van der Waals surface area contributed by atoms with Crippen LogP contribution >= 0.6 is 11.3 Å². The highest BCUT2D eigenvalue weighted by atomic mass is 32.1. The summed E-state index contributed by atoms with van der Waals surface area (Å²) >= 11 is 1.25. The van der Waals surface area contributed by atoms with Crippen molar-refractivity contribution < 1.29 is 22.8 Å². The number of carbonyl (C=O) groups excluding carboxylic acids is 2. The smallest absolute Gasteiger partial charge is 0.307 e. The first kappa shape index (κ1) is 22.5. The molecule has 0 atom stereocenters. The number of aromatic nitrogens is 2. The maximum atomic E-state index is 12.9. The minimum Gasteiger partial charge on any atom is -0.307 e. The molecule has 33 heavy (non-hydrogen) atoms. The molecule has 0 unspecified atom stereocenters. The molecule has 168 valence electrons. The van der Waals surface area contributed by atoms with Crippen LogP contribution in [0.25, 0.3) is 0 Å². The fraction of sp³-hybridized carbons (Fsp3) is 0.217. The van der Waals surface area contributed by atoms with Crippen molar-refractivity contribution in [3.8, 4) is 11.8 Å². The molecular formula is C23H17F3N4O2S. The van der Waals surface area contributed by atoms with E-state index in [2.05, 4.69) is 32.4 Å². The second-order valence-corrected chi connectivity index (χ2v) is 8.49. The zero-order valence-corrected chi connectivity index (χ0v) is 18.1. The van der Waals surface area contributed by atoms with Crippen molar-refractivity contribution in [2.45, 2.75) is 25.9 Å². The van der Waals surface area contributed by atoms with Crippen LogP contribution in [0.3, 0.4) is 0 Å². The van der Waals surface area contributed by atoms with Gasteiger partial charge in [0.05, 0.1) is 16.6 Å². The van der Waals surface area contributed by atoms with Crippen LogP contribution in [0, 0.1) is 24.7 Å². The summed E-state index contributed by atoms with van der Waals surface area (Å²) < 4.78 is 38.6. The predicted octanol–water partition coefficient (Wildman–Crippen LogP) is 4.87. The van der Waals surface area contributed by atoms with E-state index < -0.39 is 17.6 Å². The van der Waals surface area contributed by atoms with Crippen molar-refractivity contribution in [3.63, 3.8) is 0 Å². The van der Waals surface area contributed by atoms with Crippen LogP contribution in [0.2, 0.25) is 0 Å². The zero-order chi connectivity index (χ0) is 23.6. The third-order valence-electron chi connectivity index (χ3n) is 4.83. The molecule has 1 saturated carbocycles. The minimum atomic E-state index is -4.54. The lowest BCUT2D eigenvalue weighted by molar-refractivity contribution is -0.137. The first-order valence-corrected chi connectivity index (χ1v) is 10.7. The zero-order valence-electron chi connectivity index (χ0n) is 17.3. The van der Waals surface area contributed by atoms with Crippen LogP contribution < -0.4 is 10.6 Å². The van der Waals surface area contributed by atoms with Gasteiger partial charge in [-0.05, 0) is 55.5 Å². The lowest BCUT2D eigenvalue weighted by Gasteiger charge is -2.09. The van der Waals surface area contributed by atoms with Crippen molar-refractivity contribution in [2.75, 3.05) is 10.6 Å². The lowest BCUT2D eigenvalue weighted by atomic mass is 10.0. The molecule has 0 spiro atoms. The maximum Gasteiger partial charge on any atom is 0.416 e. The first-order valence-electron chi connectivity index (χ1n) is 9.93. The Labute approximate surface area is 191 Å². The van der Waals surface area contributed by atoms with Crippen LogP contribution in [-0.4, -0.2) is 21.8 Å². The molecule has 2 heterocycles. The summed E-state index contributed by atoms with van der Waals surface area (Å²) in [5.41, 5.74) is 0.728. The molecule has 0 bridgehead atoms. The lowest BCUT2D eigenvalue weighted by Crippen LogP contribution is -2.14. The Kier molecular flexibility index (Phi) is 6.16. The van der Waals surface area contributed by atoms with Crippen molar-refractivity contribution in [1.82, 2.24) is 9.97 Å². The molecule has 3 aromatic rings. The summed E-state index contributed by atoms with van der Waals surface area (Å²) in [6.07, 6.45) is -0.188. The highest BCUT2D eigenvalue weighted by molar-refractivity contribution is 7.16. The summed E-state index contributed by atoms with van der Waals surface area (Å²) in [5.74, 6) is 5.19. The molecule has 2 amide bonds. The van der Waals surface area contributed by atoms with E-state index >= 15 is 0 Å². The van der Waals surface area contributed by atoms with Gasteiger partial charge >= 0.3 is 6.18 Å². The Morgan fingerprint density at radius 3 is 2.61 bits per heavy atom. The number of amides is 2. The number of anilines is 2. The van der Waals surface area contributed by atoms with Crippen LogP contribution in [0.15, 0.2) is 42.7 Å². The summed E-state index contributed by atoms with van der Waals surface area (Å²) in [4.78, 5) is 32.9. The second kappa shape index (κ2) is 9.03. The van der Waals surface area contributed by atoms with Gasteiger partial charge in [0.25, 0.3) is 5.91 Å². The number of nitrogens with zero attached hydrogens (tertiary/aromatic N) is 2. The molecule has 4 rings (SSSR count). The van der Waals surface area contributed by atoms with Crippen LogP contribution in [-0.2, 0) is 11.0 Å². The molecule has 10 heteroatoms. The molecule has 2 aromatic heterocycles. The largest absolute Gasteiger partial charge is 0.416 e. The summed E-state index contributed by atoms with van der Waals surface area (Å²) in [5, 5.41) is 5.63. The number of rotatable bonds is 4. The van der Waals surface area contributed by atoms with Gasteiger partial charge in [-0.25, -0.2) is 9.97 Å². The molecule has 1 aliphatic carbocycles. The van der Waals surface area contributed by atoms with Crippen LogP contribution in [0.4, 0.5) is 24.1 Å². The molecule has 1 aliphatic rings. The molecule has 0 saturated heterocycles. The number of alkyl halides is 3. The first-order chi connectivity index (χ1) is 15.7. The van der Waals surface area contributed by atoms with Crippen molar-refractivity contribution in [2.24, 2.45) is 5.92 Å². The van der Waals surface area contributed by atoms with Crippen LogP contribution in [0.1, 0.15) is 44.8 Å². The molecule has 0 aliphatic heterocycles. The average molecular weight is 470 g/mol. The van der Waals surface area contributed by atoms with Crippen molar-refractivity contribution in [3.05, 3.63) is 69.9 Å². The van der Waals surface area contributed by atoms with Gasteiger partial charge in [-0.3, -0.25) is 9.59 Å². The van der Waals surface area contributed by atoms with E-state index in [1.165, 1.54) is 11.3 Å². The number of hydrogen-bond donors (Lipinski definition) is 2. The van der Waals surface area contributed by atoms with Gasteiger partial charge in [0.1, 0.15) is 5.82 Å². The summed E-state index contributed by atoms with van der Waals surface area (Å²) in [7, 11) is 0. The molecule has 1 aromatic carbocycles. The summed E-state index contributed by atoms with van der Waals surface area (Å²) in [6.45, 7) is 1.83. The Morgan fingerprint density at radius 2 is 1.88 bits per heavy atom. The molecule has 0 radical (unpaired) electrons. The number of thiazole rings is 1. The Bertz CT molecular complexity index is 1290. The maximum absolute atomic E-state index is 12.9. The van der Waals surface area contributed by atoms with E-state index in [4.69, 9.17) is 0 Å². The second-order valence-electron chi connectivity index (χ2n) is 7.45. The van der Waals surface area contributed by atoms with E-state index in [1.54, 1.807) is 24.4 Å². The van der Waals surface area contributed by atoms with E-state index in [1.807, 2.05) is 6.92 Å². The number of pyridine rings is 1. The fourth-order valence-corrected chi connectivity index (χ4v) is 3.51. The predicted molar refractivity (Wildman–Crippen MR) is 118 cm³/mol. The SMILES string of the molecule is Cc1ccc(C(=O)Nc2cc(C(F)(F)F)ccn2)cc1C#Cc1cnc(NC(=O)C2CC2)s1. The van der Waals surface area contributed by atoms with Crippen LogP contribution in [0.5, 0.6) is 0 Å². The number of benzene rings is 1. The third kappa shape index (κ3) is 5.75. The van der Waals surface area contributed by atoms with Gasteiger partial charge in [-0.15, -0.1) is 0 Å². The highest BCUT2D eigenvalue weighted by Crippen LogP contribution is 2.31. The summed E-state index contributed by atoms with van der Waals surface area (Å²) in [6, 6.07) is 6.42. The van der Waals surface area contributed by atoms with Gasteiger partial charge in [0.2, 0.25) is 5.91 Å². The van der Waals surface area contributed by atoms with E-state index in [0.717, 1.165) is 36.7 Å². The highest BCUT2D eigenvalue weighted by Gasteiger charge is 2.31. The topological polar surface area (TPSA) is 84.0 Å². The standard InChI is InChI=1S/C23H17F3N4O2S/c1-13-2-3-16(21(32)29-19-11-17(8-9-27-19)23(24,25)26)10-15(13)6-7-18-12-28-22(33-18)30-20(31)14-4-5-14/h2-3,8-12,14H,4-5H2,1H3,(H,27,29,32)(H,28,30,31). The average Bonchev–Trinajstić information content (AvgIpc) is 3.53. The molecule has 1 fully saturated rings. The minimum absolute atomic E-state index is 0.0336. The third-order valence-corrected chi connectivity index (χ3v) is 5.66. The molecular weight excluding hydrogens is 453 g/mol. The van der Waals surface area contributed by atoms with Gasteiger partial charge in [-0.2, -0.15) is 13.2 Å². The Morgan fingerprint density at radius 1 is 1.09 bits per heavy atom. The van der Waals surface area contributed by atoms with Gasteiger partial charge in [0.15, 0.2) is 5.13 Å². The fourth-order valence-electron chi connectivity index (χ4n) is 2.83. The van der Waals surface area contributed by atoms with Gasteiger partial charge < -0.3 is 10.6 Å². The van der Waals surface area contributed by atoms with Gasteiger partial charge in [-0.1, -0.05) is 23.3 Å². The Balaban J connectivity index is 1.48. The normalized spacial score (nSPS) is 13.1. The number of nitrogens with one attached hydrogen (secondary N) is 2. The number of carbonyl (C=O) groups is 2. The number of aryl methyl sites for hydroxylation is 1. The van der Waals surface area contributed by atoms with Crippen molar-refractivity contribution >= 4 is 34.1 Å². The van der Waals surface area contributed by atoms with E-state index in [0.29, 0.717) is 15.6 Å². The molecule has 6 nitrogen and oxygen atoms in total. The van der Waals surface area contributed by atoms with E-state index in [9.17, 15) is 22.8 Å². The quantitative estimate of drug-likeness (QED) is 0.533. The van der Waals surface area contributed by atoms with E-state index in [-0.39, 0.29) is 23.2 Å². The van der Waals surface area contributed by atoms with Crippen molar-refractivity contribution in [1.29, 1.82) is 0 Å². The number of halogens is 3. The molecule has 2 N–H and O–H groups in total. The van der Waals surface area contributed by atoms with Gasteiger partial charge in [0, 0.05) is 23.2 Å².